The van der Waals surface area contributed by atoms with Gasteiger partial charge in [-0.05, 0) is 50.6 Å². The van der Waals surface area contributed by atoms with Crippen LogP contribution in [0, 0.1) is 11.6 Å². The lowest BCUT2D eigenvalue weighted by atomic mass is 10.0. The fourth-order valence-electron chi connectivity index (χ4n) is 2.25. The number of nitrogens with one attached hydrogen (secondary N) is 1. The number of hydrogen-bond acceptors (Lipinski definition) is 2. The molecule has 0 bridgehead atoms. The van der Waals surface area contributed by atoms with Crippen molar-refractivity contribution < 1.29 is 0 Å². The molecule has 1 aliphatic heterocycles. The predicted octanol–water partition coefficient (Wildman–Crippen LogP) is 2.82. The first kappa shape index (κ1) is 9.87. The molecular formula is C11H16N2S. The van der Waals surface area contributed by atoms with Gasteiger partial charge in [0.15, 0.2) is 0 Å². The van der Waals surface area contributed by atoms with Gasteiger partial charge in [0.1, 0.15) is 4.64 Å². The second-order valence-electron chi connectivity index (χ2n) is 4.07. The van der Waals surface area contributed by atoms with Crippen molar-refractivity contribution in [3.63, 3.8) is 0 Å². The van der Waals surface area contributed by atoms with Gasteiger partial charge in [-0.1, -0.05) is 12.2 Å². The summed E-state index contributed by atoms with van der Waals surface area (Å²) in [5.74, 6) is 0. The van der Waals surface area contributed by atoms with Gasteiger partial charge < -0.3 is 4.98 Å². The number of aryl methyl sites for hydroxylation is 1. The molecule has 3 heteroatoms. The third-order valence-electron chi connectivity index (χ3n) is 3.05. The lowest BCUT2D eigenvalue weighted by Crippen LogP contribution is -2.18. The summed E-state index contributed by atoms with van der Waals surface area (Å²) in [7, 11) is 2.19. The molecule has 1 N–H and O–H groups in total. The molecule has 2 heterocycles. The van der Waals surface area contributed by atoms with Gasteiger partial charge in [0, 0.05) is 12.2 Å². The largest absolute Gasteiger partial charge is 0.353 e. The van der Waals surface area contributed by atoms with Crippen molar-refractivity contribution >= 4 is 12.2 Å². The third-order valence-corrected chi connectivity index (χ3v) is 3.29. The number of aromatic nitrogens is 1. The van der Waals surface area contributed by atoms with E-state index in [9.17, 15) is 0 Å². The number of likely N-dealkylation sites (tertiary alicyclic amines) is 1. The summed E-state index contributed by atoms with van der Waals surface area (Å²) < 4.78 is 0.826. The van der Waals surface area contributed by atoms with Gasteiger partial charge in [0.2, 0.25) is 0 Å². The van der Waals surface area contributed by atoms with Gasteiger partial charge in [-0.2, -0.15) is 0 Å². The Morgan fingerprint density at radius 1 is 1.57 bits per heavy atom. The van der Waals surface area contributed by atoms with Crippen molar-refractivity contribution in [3.8, 4) is 0 Å². The fourth-order valence-corrected chi connectivity index (χ4v) is 2.48. The van der Waals surface area contributed by atoms with Gasteiger partial charge in [-0.3, -0.25) is 4.90 Å². The van der Waals surface area contributed by atoms with E-state index in [2.05, 4.69) is 36.1 Å². The quantitative estimate of drug-likeness (QED) is 0.716. The van der Waals surface area contributed by atoms with E-state index in [1.54, 1.807) is 0 Å². The van der Waals surface area contributed by atoms with Crippen LogP contribution in [0.5, 0.6) is 0 Å². The van der Waals surface area contributed by atoms with E-state index >= 15 is 0 Å². The molecule has 14 heavy (non-hydrogen) atoms. The number of rotatable bonds is 1. The predicted molar refractivity (Wildman–Crippen MR) is 61.0 cm³/mol. The maximum absolute atomic E-state index is 5.09. The van der Waals surface area contributed by atoms with Crippen molar-refractivity contribution in [3.05, 3.63) is 28.0 Å². The molecule has 1 atom stereocenters. The van der Waals surface area contributed by atoms with Gasteiger partial charge in [0.05, 0.1) is 0 Å². The summed E-state index contributed by atoms with van der Waals surface area (Å²) in [6, 6.07) is 2.64. The highest BCUT2D eigenvalue weighted by atomic mass is 32.1. The molecule has 2 rings (SSSR count). The maximum Gasteiger partial charge on any atom is 0.103 e. The first-order chi connectivity index (χ1) is 6.68. The monoisotopic (exact) mass is 208 g/mol. The zero-order valence-electron chi connectivity index (χ0n) is 8.71. The van der Waals surface area contributed by atoms with Crippen molar-refractivity contribution in [1.29, 1.82) is 0 Å². The van der Waals surface area contributed by atoms with Crippen LogP contribution in [0.4, 0.5) is 0 Å². The number of H-pyrrole nitrogens is 1. The topological polar surface area (TPSA) is 19.0 Å². The molecule has 1 saturated heterocycles. The number of pyridine rings is 1. The van der Waals surface area contributed by atoms with Crippen molar-refractivity contribution in [2.45, 2.75) is 25.8 Å². The molecule has 0 aliphatic carbocycles. The maximum atomic E-state index is 5.09. The first-order valence-corrected chi connectivity index (χ1v) is 5.49. The lowest BCUT2D eigenvalue weighted by molar-refractivity contribution is 0.316. The van der Waals surface area contributed by atoms with Crippen LogP contribution in [0.15, 0.2) is 12.3 Å². The molecule has 0 radical (unpaired) electrons. The van der Waals surface area contributed by atoms with Crippen LogP contribution in [0.2, 0.25) is 0 Å². The zero-order chi connectivity index (χ0) is 10.1. The Labute approximate surface area is 90.0 Å². The van der Waals surface area contributed by atoms with Gasteiger partial charge in [-0.25, -0.2) is 0 Å². The molecule has 2 nitrogen and oxygen atoms in total. The minimum atomic E-state index is 0.585. The van der Waals surface area contributed by atoms with Crippen LogP contribution < -0.4 is 0 Å². The molecule has 1 fully saturated rings. The highest BCUT2D eigenvalue weighted by Crippen LogP contribution is 2.31. The van der Waals surface area contributed by atoms with Crippen LogP contribution in [-0.2, 0) is 0 Å². The van der Waals surface area contributed by atoms with Crippen LogP contribution in [0.25, 0.3) is 0 Å². The Morgan fingerprint density at radius 3 is 2.93 bits per heavy atom. The van der Waals surface area contributed by atoms with Crippen molar-refractivity contribution in [2.75, 3.05) is 13.6 Å². The van der Waals surface area contributed by atoms with E-state index in [-0.39, 0.29) is 0 Å². The Balaban J connectivity index is 2.36. The van der Waals surface area contributed by atoms with Crippen LogP contribution in [-0.4, -0.2) is 23.5 Å². The van der Waals surface area contributed by atoms with E-state index < -0.39 is 0 Å². The van der Waals surface area contributed by atoms with Gasteiger partial charge in [0.25, 0.3) is 0 Å². The summed E-state index contributed by atoms with van der Waals surface area (Å²) in [5, 5.41) is 0. The second-order valence-corrected chi connectivity index (χ2v) is 4.51. The highest BCUT2D eigenvalue weighted by Gasteiger charge is 2.23. The first-order valence-electron chi connectivity index (χ1n) is 5.08. The summed E-state index contributed by atoms with van der Waals surface area (Å²) in [6.07, 6.45) is 4.64. The number of nitrogens with zero attached hydrogens (tertiary/aromatic N) is 1. The summed E-state index contributed by atoms with van der Waals surface area (Å²) >= 11 is 5.09. The highest BCUT2D eigenvalue weighted by molar-refractivity contribution is 7.71. The zero-order valence-corrected chi connectivity index (χ0v) is 9.53. The smallest absolute Gasteiger partial charge is 0.103 e. The summed E-state index contributed by atoms with van der Waals surface area (Å²) in [4.78, 5) is 5.54. The Hall–Kier alpha value is -0.670. The van der Waals surface area contributed by atoms with E-state index in [4.69, 9.17) is 12.2 Å². The number of hydrogen-bond donors (Lipinski definition) is 1. The van der Waals surface area contributed by atoms with Gasteiger partial charge >= 0.3 is 0 Å². The Bertz CT molecular complexity index is 383. The lowest BCUT2D eigenvalue weighted by Gasteiger charge is -2.21. The molecule has 0 spiro atoms. The summed E-state index contributed by atoms with van der Waals surface area (Å²) in [6.45, 7) is 3.35. The van der Waals surface area contributed by atoms with Crippen LogP contribution in [0.3, 0.4) is 0 Å². The molecule has 1 aliphatic rings. The van der Waals surface area contributed by atoms with Crippen LogP contribution >= 0.6 is 12.2 Å². The SMILES string of the molecule is Cc1cc(=S)[nH]cc1C1CCCN1C. The van der Waals surface area contributed by atoms with Crippen molar-refractivity contribution in [1.82, 2.24) is 9.88 Å². The average molecular weight is 208 g/mol. The molecule has 1 aromatic heterocycles. The normalized spacial score (nSPS) is 22.9. The Morgan fingerprint density at radius 2 is 2.36 bits per heavy atom. The molecule has 1 aromatic rings. The number of aromatic amines is 1. The minimum absolute atomic E-state index is 0.585. The molecule has 1 unspecified atom stereocenters. The van der Waals surface area contributed by atoms with Crippen LogP contribution in [0.1, 0.15) is 30.0 Å². The van der Waals surface area contributed by atoms with Crippen molar-refractivity contribution in [2.24, 2.45) is 0 Å². The molecular weight excluding hydrogens is 192 g/mol. The van der Waals surface area contributed by atoms with E-state index in [1.165, 1.54) is 30.5 Å². The average Bonchev–Trinajstić information content (AvgIpc) is 2.52. The van der Waals surface area contributed by atoms with E-state index in [0.717, 1.165) is 4.64 Å². The molecule has 0 saturated carbocycles. The second kappa shape index (κ2) is 3.83. The Kier molecular flexibility index (Phi) is 2.70. The summed E-state index contributed by atoms with van der Waals surface area (Å²) in [5.41, 5.74) is 2.71. The fraction of sp³-hybridized carbons (Fsp3) is 0.545. The molecule has 76 valence electrons. The standard InChI is InChI=1S/C11H16N2S/c1-8-6-11(14)12-7-9(8)10-4-3-5-13(10)2/h6-7,10H,3-5H2,1-2H3,(H,12,14). The third kappa shape index (κ3) is 1.74. The van der Waals surface area contributed by atoms with E-state index in [0.29, 0.717) is 6.04 Å². The molecule has 0 aromatic carbocycles. The van der Waals surface area contributed by atoms with Gasteiger partial charge in [-0.15, -0.1) is 0 Å². The minimum Gasteiger partial charge on any atom is -0.353 e. The molecule has 0 amide bonds. The van der Waals surface area contributed by atoms with E-state index in [1.807, 2.05) is 0 Å².